The second kappa shape index (κ2) is 13.9. The van der Waals surface area contributed by atoms with E-state index in [2.05, 4.69) is 164 Å². The van der Waals surface area contributed by atoms with Crippen LogP contribution in [-0.4, -0.2) is 15.0 Å². The number of para-hydroxylation sites is 1. The SMILES string of the molecule is c1ccc(-c2nc(-c3ccccc3-c3cc4ccccc4o3)nc(-c3ccc(-c4cc5ccc6cccc7c8cccc9ccc%10cccc(c(c4)c5c67)c%10c98)c4ccccc34)n2)cc1. The van der Waals surface area contributed by atoms with Gasteiger partial charge >= 0.3 is 0 Å². The van der Waals surface area contributed by atoms with Crippen LogP contribution < -0.4 is 0 Å². The minimum absolute atomic E-state index is 0.580. The summed E-state index contributed by atoms with van der Waals surface area (Å²) in [4.78, 5) is 15.7. The fourth-order valence-corrected chi connectivity index (χ4v) is 10.5. The minimum atomic E-state index is 0.580. The highest BCUT2D eigenvalue weighted by atomic mass is 16.3. The van der Waals surface area contributed by atoms with E-state index in [1.54, 1.807) is 0 Å². The number of hydrogen-bond acceptors (Lipinski definition) is 4. The number of nitrogens with zero attached hydrogens (tertiary/aromatic N) is 3. The van der Waals surface area contributed by atoms with Crippen LogP contribution in [0.25, 0.3) is 143 Å². The van der Waals surface area contributed by atoms with Crippen molar-refractivity contribution < 1.29 is 4.42 Å². The van der Waals surface area contributed by atoms with Gasteiger partial charge in [0, 0.05) is 27.6 Å². The molecule has 2 aromatic heterocycles. The van der Waals surface area contributed by atoms with Crippen LogP contribution in [0.5, 0.6) is 0 Å². The average molecular weight is 826 g/mol. The number of hydrogen-bond donors (Lipinski definition) is 0. The predicted octanol–water partition coefficient (Wildman–Crippen LogP) is 16.5. The summed E-state index contributed by atoms with van der Waals surface area (Å²) in [6, 6.07) is 75.9. The molecule has 14 aromatic rings. The maximum Gasteiger partial charge on any atom is 0.164 e. The Morgan fingerprint density at radius 2 is 0.754 bits per heavy atom. The van der Waals surface area contributed by atoms with Crippen LogP contribution in [0, 0.1) is 0 Å². The van der Waals surface area contributed by atoms with Crippen LogP contribution in [0.4, 0.5) is 0 Å². The fourth-order valence-electron chi connectivity index (χ4n) is 10.5. The van der Waals surface area contributed by atoms with Gasteiger partial charge in [0.05, 0.1) is 0 Å². The number of benzene rings is 11. The third-order valence-corrected chi connectivity index (χ3v) is 13.4. The lowest BCUT2D eigenvalue weighted by Crippen LogP contribution is -2.01. The summed E-state index contributed by atoms with van der Waals surface area (Å²) in [5, 5.41) is 18.4. The van der Waals surface area contributed by atoms with Crippen molar-refractivity contribution in [2.24, 2.45) is 0 Å². The molecule has 14 rings (SSSR count). The number of rotatable bonds is 5. The zero-order chi connectivity index (χ0) is 42.6. The van der Waals surface area contributed by atoms with Gasteiger partial charge in [-0.1, -0.05) is 182 Å². The van der Waals surface area contributed by atoms with Crippen molar-refractivity contribution in [3.05, 3.63) is 212 Å². The van der Waals surface area contributed by atoms with E-state index in [1.165, 1.54) is 64.6 Å². The summed E-state index contributed by atoms with van der Waals surface area (Å²) in [6.45, 7) is 0. The van der Waals surface area contributed by atoms with Gasteiger partial charge in [0.25, 0.3) is 0 Å². The van der Waals surface area contributed by atoms with Crippen molar-refractivity contribution in [1.29, 1.82) is 0 Å². The Balaban J connectivity index is 1.01. The van der Waals surface area contributed by atoms with Crippen LogP contribution in [0.15, 0.2) is 217 Å². The summed E-state index contributed by atoms with van der Waals surface area (Å²) in [7, 11) is 0. The predicted molar refractivity (Wildman–Crippen MR) is 271 cm³/mol. The Morgan fingerprint density at radius 3 is 1.45 bits per heavy atom. The topological polar surface area (TPSA) is 51.8 Å². The molecule has 0 bridgehead atoms. The molecule has 0 N–H and O–H groups in total. The van der Waals surface area contributed by atoms with Gasteiger partial charge in [-0.15, -0.1) is 0 Å². The maximum absolute atomic E-state index is 6.41. The molecule has 0 amide bonds. The van der Waals surface area contributed by atoms with E-state index in [4.69, 9.17) is 19.4 Å². The Bertz CT molecular complexity index is 4210. The van der Waals surface area contributed by atoms with Crippen LogP contribution in [0.2, 0.25) is 0 Å². The zero-order valence-electron chi connectivity index (χ0n) is 35.0. The first kappa shape index (κ1) is 35.8. The van der Waals surface area contributed by atoms with Gasteiger partial charge in [0.1, 0.15) is 11.3 Å². The summed E-state index contributed by atoms with van der Waals surface area (Å²) < 4.78 is 6.41. The molecule has 0 aliphatic rings. The van der Waals surface area contributed by atoms with Gasteiger partial charge in [0.15, 0.2) is 17.5 Å². The maximum atomic E-state index is 6.41. The monoisotopic (exact) mass is 825 g/mol. The third-order valence-electron chi connectivity index (χ3n) is 13.4. The first-order valence-corrected chi connectivity index (χ1v) is 22.1. The molecule has 12 aromatic carbocycles. The molecule has 0 unspecified atom stereocenters. The van der Waals surface area contributed by atoms with E-state index < -0.39 is 0 Å². The molecular formula is C61H35N3O. The van der Waals surface area contributed by atoms with E-state index in [1.807, 2.05) is 48.5 Å². The smallest absolute Gasteiger partial charge is 0.164 e. The highest BCUT2D eigenvalue weighted by Gasteiger charge is 2.21. The fraction of sp³-hybridized carbons (Fsp3) is 0. The molecule has 0 saturated carbocycles. The van der Waals surface area contributed by atoms with Crippen molar-refractivity contribution in [2.75, 3.05) is 0 Å². The van der Waals surface area contributed by atoms with E-state index >= 15 is 0 Å². The Hall–Kier alpha value is -8.73. The van der Waals surface area contributed by atoms with Gasteiger partial charge < -0.3 is 4.42 Å². The number of aromatic nitrogens is 3. The first-order valence-electron chi connectivity index (χ1n) is 22.1. The van der Waals surface area contributed by atoms with Crippen LogP contribution in [0.1, 0.15) is 0 Å². The molecule has 0 aliphatic heterocycles. The highest BCUT2D eigenvalue weighted by Crippen LogP contribution is 2.46. The molecular weight excluding hydrogens is 791 g/mol. The molecule has 0 saturated heterocycles. The zero-order valence-corrected chi connectivity index (χ0v) is 35.0. The van der Waals surface area contributed by atoms with Crippen LogP contribution in [0.3, 0.4) is 0 Å². The molecule has 0 atom stereocenters. The van der Waals surface area contributed by atoms with E-state index in [0.29, 0.717) is 17.5 Å². The molecule has 0 spiro atoms. The van der Waals surface area contributed by atoms with Crippen molar-refractivity contribution >= 4 is 86.4 Å². The molecule has 0 radical (unpaired) electrons. The second-order valence-electron chi connectivity index (χ2n) is 17.0. The lowest BCUT2D eigenvalue weighted by atomic mass is 9.86. The lowest BCUT2D eigenvalue weighted by molar-refractivity contribution is 0.631. The molecule has 2 heterocycles. The molecule has 4 nitrogen and oxygen atoms in total. The van der Waals surface area contributed by atoms with E-state index in [-0.39, 0.29) is 0 Å². The summed E-state index contributed by atoms with van der Waals surface area (Å²) in [5.41, 5.74) is 6.79. The summed E-state index contributed by atoms with van der Waals surface area (Å²) >= 11 is 0. The van der Waals surface area contributed by atoms with Gasteiger partial charge in [-0.3, -0.25) is 0 Å². The Morgan fingerprint density at radius 1 is 0.262 bits per heavy atom. The molecule has 0 fully saturated rings. The van der Waals surface area contributed by atoms with Gasteiger partial charge in [-0.05, 0) is 117 Å². The quantitative estimate of drug-likeness (QED) is 0.162. The summed E-state index contributed by atoms with van der Waals surface area (Å²) in [5.74, 6) is 2.56. The molecule has 4 heteroatoms. The van der Waals surface area contributed by atoms with E-state index in [9.17, 15) is 0 Å². The van der Waals surface area contributed by atoms with Crippen molar-refractivity contribution in [3.8, 4) is 56.6 Å². The first-order chi connectivity index (χ1) is 32.2. The third kappa shape index (κ3) is 5.47. The van der Waals surface area contributed by atoms with Crippen LogP contribution in [-0.2, 0) is 0 Å². The molecule has 65 heavy (non-hydrogen) atoms. The largest absolute Gasteiger partial charge is 0.456 e. The van der Waals surface area contributed by atoms with E-state index in [0.717, 1.165) is 60.9 Å². The van der Waals surface area contributed by atoms with Crippen molar-refractivity contribution in [1.82, 2.24) is 15.0 Å². The van der Waals surface area contributed by atoms with Crippen molar-refractivity contribution in [3.63, 3.8) is 0 Å². The number of furan rings is 1. The second-order valence-corrected chi connectivity index (χ2v) is 17.0. The van der Waals surface area contributed by atoms with Crippen molar-refractivity contribution in [2.45, 2.75) is 0 Å². The highest BCUT2D eigenvalue weighted by molar-refractivity contribution is 6.37. The Labute approximate surface area is 373 Å². The lowest BCUT2D eigenvalue weighted by Gasteiger charge is -2.18. The molecule has 0 aliphatic carbocycles. The molecule has 300 valence electrons. The minimum Gasteiger partial charge on any atom is -0.456 e. The average Bonchev–Trinajstić information content (AvgIpc) is 3.81. The standard InChI is InChI=1S/C61H35N3O/c1-2-13-39(14-3-1)59-62-60(50-22-8-7-21-46(50)54-35-40-15-4-9-26-53(40)65-54)64-61(63-59)51-32-31-43(44-19-5-6-20-45(44)51)42-33-41-30-29-38-17-11-24-48-47-23-10-16-36-27-28-37-18-12-25-49(57(37)55(36)47)52(34-42)58(41)56(38)48/h1-35H. The number of fused-ring (bicyclic) bond motifs is 4. The van der Waals surface area contributed by atoms with Gasteiger partial charge in [0.2, 0.25) is 0 Å². The Kier molecular flexibility index (Phi) is 7.65. The van der Waals surface area contributed by atoms with Crippen LogP contribution >= 0.6 is 0 Å². The van der Waals surface area contributed by atoms with Gasteiger partial charge in [-0.25, -0.2) is 15.0 Å². The van der Waals surface area contributed by atoms with Gasteiger partial charge in [-0.2, -0.15) is 0 Å². The normalized spacial score (nSPS) is 12.0. The summed E-state index contributed by atoms with van der Waals surface area (Å²) in [6.07, 6.45) is 0.